The molecule has 28 heavy (non-hydrogen) atoms. The molecule has 10 heteroatoms. The van der Waals surface area contributed by atoms with E-state index in [2.05, 4.69) is 33.0 Å². The number of sulfonamides is 1. The highest BCUT2D eigenvalue weighted by Crippen LogP contribution is 2.15. The van der Waals surface area contributed by atoms with E-state index >= 15 is 0 Å². The Morgan fingerprint density at radius 2 is 1.46 bits per heavy atom. The summed E-state index contributed by atoms with van der Waals surface area (Å²) >= 11 is 4.50. The second-order valence-electron chi connectivity index (χ2n) is 5.19. The minimum Gasteiger partial charge on any atom is -0.378 e. The summed E-state index contributed by atoms with van der Waals surface area (Å²) in [6.07, 6.45) is 5.04. The van der Waals surface area contributed by atoms with Crippen molar-refractivity contribution in [3.8, 4) is 12.3 Å². The molecule has 0 saturated heterocycles. The Labute approximate surface area is 171 Å². The number of rotatable bonds is 16. The first-order valence-electron chi connectivity index (χ1n) is 8.52. The van der Waals surface area contributed by atoms with Gasteiger partial charge in [0.05, 0.1) is 62.0 Å². The molecule has 0 spiro atoms. The third kappa shape index (κ3) is 11.2. The standard InChI is InChI=1S/C18H24N2O6S2/c1-2-8-23-10-12-25-14-15-26-13-11-24-9-7-20-28(21,22)18-5-3-17(4-6-18)19-16-27/h1,3-6,20H,7-15H2. The Morgan fingerprint density at radius 1 is 0.929 bits per heavy atom. The molecule has 1 aromatic rings. The van der Waals surface area contributed by atoms with Gasteiger partial charge in [0.15, 0.2) is 0 Å². The largest absolute Gasteiger partial charge is 0.378 e. The van der Waals surface area contributed by atoms with Crippen molar-refractivity contribution in [1.82, 2.24) is 4.72 Å². The minimum absolute atomic E-state index is 0.142. The van der Waals surface area contributed by atoms with E-state index in [9.17, 15) is 8.42 Å². The third-order valence-electron chi connectivity index (χ3n) is 3.16. The van der Waals surface area contributed by atoms with Crippen molar-refractivity contribution in [2.45, 2.75) is 4.90 Å². The lowest BCUT2D eigenvalue weighted by Gasteiger charge is -2.08. The van der Waals surface area contributed by atoms with Crippen LogP contribution in [0.1, 0.15) is 0 Å². The highest BCUT2D eigenvalue weighted by molar-refractivity contribution is 7.89. The van der Waals surface area contributed by atoms with Crippen molar-refractivity contribution in [3.63, 3.8) is 0 Å². The van der Waals surface area contributed by atoms with E-state index in [-0.39, 0.29) is 24.7 Å². The average molecular weight is 429 g/mol. The second-order valence-corrected chi connectivity index (χ2v) is 7.14. The molecule has 0 aromatic heterocycles. The monoisotopic (exact) mass is 428 g/mol. The first-order chi connectivity index (χ1) is 13.6. The van der Waals surface area contributed by atoms with Crippen LogP contribution in [0.3, 0.4) is 0 Å². The Morgan fingerprint density at radius 3 is 2.00 bits per heavy atom. The summed E-state index contributed by atoms with van der Waals surface area (Å²) in [7, 11) is -3.60. The number of terminal acetylenes is 1. The topological polar surface area (TPSA) is 95.5 Å². The zero-order chi connectivity index (χ0) is 20.5. The maximum atomic E-state index is 12.1. The average Bonchev–Trinajstić information content (AvgIpc) is 2.69. The fourth-order valence-electron chi connectivity index (χ4n) is 1.87. The van der Waals surface area contributed by atoms with Crippen molar-refractivity contribution < 1.29 is 27.4 Å². The van der Waals surface area contributed by atoms with E-state index in [0.717, 1.165) is 0 Å². The lowest BCUT2D eigenvalue weighted by Crippen LogP contribution is -2.27. The van der Waals surface area contributed by atoms with Crippen molar-refractivity contribution in [3.05, 3.63) is 24.3 Å². The van der Waals surface area contributed by atoms with Gasteiger partial charge < -0.3 is 18.9 Å². The van der Waals surface area contributed by atoms with Gasteiger partial charge in [-0.1, -0.05) is 5.92 Å². The van der Waals surface area contributed by atoms with Gasteiger partial charge in [0, 0.05) is 6.54 Å². The highest BCUT2D eigenvalue weighted by atomic mass is 32.2. The molecule has 0 fully saturated rings. The molecule has 0 atom stereocenters. The molecule has 0 heterocycles. The van der Waals surface area contributed by atoms with Crippen LogP contribution in [-0.4, -0.2) is 73.0 Å². The lowest BCUT2D eigenvalue weighted by atomic mass is 10.3. The molecule has 0 unspecified atom stereocenters. The Bertz CT molecular complexity index is 740. The SMILES string of the molecule is C#CCOCCOCCOCCOCCNS(=O)(=O)c1ccc(N=C=S)cc1. The van der Waals surface area contributed by atoms with Crippen LogP contribution in [0.25, 0.3) is 0 Å². The van der Waals surface area contributed by atoms with E-state index in [4.69, 9.17) is 25.4 Å². The first-order valence-corrected chi connectivity index (χ1v) is 10.4. The van der Waals surface area contributed by atoms with Crippen LogP contribution in [0.2, 0.25) is 0 Å². The number of nitrogens with one attached hydrogen (secondary N) is 1. The summed E-state index contributed by atoms with van der Waals surface area (Å²) in [5.74, 6) is 2.37. The number of hydrogen-bond donors (Lipinski definition) is 1. The number of benzene rings is 1. The van der Waals surface area contributed by atoms with Gasteiger partial charge in [-0.15, -0.1) is 6.42 Å². The van der Waals surface area contributed by atoms with Gasteiger partial charge in [0.25, 0.3) is 0 Å². The van der Waals surface area contributed by atoms with Crippen LogP contribution in [0.5, 0.6) is 0 Å². The number of aliphatic imine (C=N–C) groups is 1. The fraction of sp³-hybridized carbons (Fsp3) is 0.500. The summed E-state index contributed by atoms with van der Waals surface area (Å²) in [5.41, 5.74) is 0.542. The van der Waals surface area contributed by atoms with E-state index in [0.29, 0.717) is 45.3 Å². The van der Waals surface area contributed by atoms with Crippen LogP contribution >= 0.6 is 12.2 Å². The normalized spacial score (nSPS) is 11.0. The van der Waals surface area contributed by atoms with Crippen molar-refractivity contribution in [2.24, 2.45) is 4.99 Å². The summed E-state index contributed by atoms with van der Waals surface area (Å²) in [6, 6.07) is 6.00. The van der Waals surface area contributed by atoms with Gasteiger partial charge in [0.1, 0.15) is 6.61 Å². The second kappa shape index (κ2) is 15.3. The zero-order valence-electron chi connectivity index (χ0n) is 15.5. The van der Waals surface area contributed by atoms with Crippen LogP contribution in [0, 0.1) is 12.3 Å². The molecule has 1 rings (SSSR count). The Kier molecular flexibility index (Phi) is 13.3. The summed E-state index contributed by atoms with van der Waals surface area (Å²) in [5, 5.41) is 2.22. The predicted molar refractivity (Wildman–Crippen MR) is 108 cm³/mol. The Balaban J connectivity index is 2.03. The molecule has 8 nitrogen and oxygen atoms in total. The molecule has 1 aromatic carbocycles. The van der Waals surface area contributed by atoms with E-state index in [1.807, 2.05) is 0 Å². The van der Waals surface area contributed by atoms with Crippen LogP contribution in [-0.2, 0) is 29.0 Å². The predicted octanol–water partition coefficient (Wildman–Crippen LogP) is 1.40. The quantitative estimate of drug-likeness (QED) is 0.184. The molecule has 0 saturated carbocycles. The fourth-order valence-corrected chi connectivity index (χ4v) is 2.99. The number of thiocarbonyl (C=S) groups is 1. The van der Waals surface area contributed by atoms with E-state index in [1.54, 1.807) is 12.1 Å². The van der Waals surface area contributed by atoms with Gasteiger partial charge in [-0.05, 0) is 36.5 Å². The number of ether oxygens (including phenoxy) is 4. The van der Waals surface area contributed by atoms with Gasteiger partial charge in [-0.2, -0.15) is 4.99 Å². The molecule has 1 N–H and O–H groups in total. The lowest BCUT2D eigenvalue weighted by molar-refractivity contribution is 0.00202. The number of isothiocyanates is 1. The molecule has 0 aliphatic carbocycles. The molecular formula is C18H24N2O6S2. The summed E-state index contributed by atoms with van der Waals surface area (Å²) in [4.78, 5) is 3.91. The van der Waals surface area contributed by atoms with Gasteiger partial charge in [-0.3, -0.25) is 0 Å². The molecular weight excluding hydrogens is 404 g/mol. The van der Waals surface area contributed by atoms with Crippen molar-refractivity contribution in [1.29, 1.82) is 0 Å². The summed E-state index contributed by atoms with van der Waals surface area (Å²) < 4.78 is 47.7. The van der Waals surface area contributed by atoms with Crippen LogP contribution in [0.4, 0.5) is 5.69 Å². The molecule has 0 aliphatic heterocycles. The van der Waals surface area contributed by atoms with Crippen molar-refractivity contribution in [2.75, 3.05) is 59.4 Å². The van der Waals surface area contributed by atoms with E-state index < -0.39 is 10.0 Å². The van der Waals surface area contributed by atoms with Gasteiger partial charge in [0.2, 0.25) is 10.0 Å². The number of nitrogens with zero attached hydrogens (tertiary/aromatic N) is 1. The minimum atomic E-state index is -3.60. The van der Waals surface area contributed by atoms with Crippen molar-refractivity contribution >= 4 is 33.1 Å². The highest BCUT2D eigenvalue weighted by Gasteiger charge is 2.12. The van der Waals surface area contributed by atoms with Gasteiger partial charge in [-0.25, -0.2) is 13.1 Å². The molecule has 0 radical (unpaired) electrons. The van der Waals surface area contributed by atoms with E-state index in [1.165, 1.54) is 12.1 Å². The molecule has 0 aliphatic rings. The Hall–Kier alpha value is -1.67. The van der Waals surface area contributed by atoms with Crippen LogP contribution in [0.15, 0.2) is 34.2 Å². The molecule has 154 valence electrons. The zero-order valence-corrected chi connectivity index (χ0v) is 17.1. The third-order valence-corrected chi connectivity index (χ3v) is 4.73. The first kappa shape index (κ1) is 24.4. The van der Waals surface area contributed by atoms with Crippen LogP contribution < -0.4 is 4.72 Å². The molecule has 0 bridgehead atoms. The summed E-state index contributed by atoms with van der Waals surface area (Å²) in [6.45, 7) is 3.23. The van der Waals surface area contributed by atoms with Gasteiger partial charge >= 0.3 is 0 Å². The number of hydrogen-bond acceptors (Lipinski definition) is 8. The maximum Gasteiger partial charge on any atom is 0.240 e. The maximum absolute atomic E-state index is 12.1. The smallest absolute Gasteiger partial charge is 0.240 e. The molecule has 0 amide bonds.